The highest BCUT2D eigenvalue weighted by Crippen LogP contribution is 2.16. The van der Waals surface area contributed by atoms with Gasteiger partial charge in [-0.3, -0.25) is 14.4 Å². The summed E-state index contributed by atoms with van der Waals surface area (Å²) in [7, 11) is 0. The SMILES string of the molecule is CC/C=C\C/C=C\C/C=C\C/C=C\C/C=C\C/C=C\C/C=C\C/C=C\C/C=C\CCCCCCCC(=O)OCC(COC(=O)CCCCCCCCCCCCCCCC)OC(=O)CCCCCCCCC/C=C\C/C=C\CCCCC. The predicted molar refractivity (Wildman–Crippen MR) is 357 cm³/mol. The van der Waals surface area contributed by atoms with Gasteiger partial charge in [-0.2, -0.15) is 0 Å². The van der Waals surface area contributed by atoms with Gasteiger partial charge in [0, 0.05) is 19.3 Å². The summed E-state index contributed by atoms with van der Waals surface area (Å²) in [6.07, 6.45) is 97.4. The monoisotopic (exact) mass is 1130 g/mol. The van der Waals surface area contributed by atoms with Crippen LogP contribution in [-0.4, -0.2) is 37.2 Å². The molecule has 0 fully saturated rings. The van der Waals surface area contributed by atoms with Crippen LogP contribution in [0.3, 0.4) is 0 Å². The smallest absolute Gasteiger partial charge is 0.306 e. The van der Waals surface area contributed by atoms with Crippen LogP contribution in [-0.2, 0) is 28.6 Å². The molecule has 0 aliphatic heterocycles. The Labute approximate surface area is 506 Å². The highest BCUT2D eigenvalue weighted by molar-refractivity contribution is 5.71. The van der Waals surface area contributed by atoms with Crippen molar-refractivity contribution in [2.45, 2.75) is 316 Å². The Morgan fingerprint density at radius 2 is 0.476 bits per heavy atom. The molecular weight excluding hydrogens is 1010 g/mol. The molecule has 0 saturated carbocycles. The molecule has 0 amide bonds. The molecule has 0 spiro atoms. The first-order chi connectivity index (χ1) is 40.5. The highest BCUT2D eigenvalue weighted by atomic mass is 16.6. The summed E-state index contributed by atoms with van der Waals surface area (Å²) < 4.78 is 16.9. The summed E-state index contributed by atoms with van der Waals surface area (Å²) in [6.45, 7) is 6.50. The molecule has 0 saturated heterocycles. The number of hydrogen-bond acceptors (Lipinski definition) is 6. The average molecular weight is 1140 g/mol. The Hall–Kier alpha value is -4.45. The lowest BCUT2D eigenvalue weighted by atomic mass is 10.0. The minimum absolute atomic E-state index is 0.0875. The van der Waals surface area contributed by atoms with E-state index in [1.54, 1.807) is 0 Å². The van der Waals surface area contributed by atoms with Gasteiger partial charge in [-0.15, -0.1) is 0 Å². The van der Waals surface area contributed by atoms with Crippen LogP contribution in [0.15, 0.2) is 134 Å². The van der Waals surface area contributed by atoms with E-state index in [4.69, 9.17) is 14.2 Å². The Bertz CT molecular complexity index is 1730. The Balaban J connectivity index is 4.35. The molecule has 0 rings (SSSR count). The van der Waals surface area contributed by atoms with Gasteiger partial charge in [0.15, 0.2) is 6.10 Å². The molecule has 6 nitrogen and oxygen atoms in total. The van der Waals surface area contributed by atoms with E-state index in [0.717, 1.165) is 148 Å². The van der Waals surface area contributed by atoms with Crippen LogP contribution in [0, 0.1) is 0 Å². The van der Waals surface area contributed by atoms with Gasteiger partial charge in [0.1, 0.15) is 13.2 Å². The third kappa shape index (κ3) is 66.4. The summed E-state index contributed by atoms with van der Waals surface area (Å²) in [5.74, 6) is -0.908. The van der Waals surface area contributed by atoms with Gasteiger partial charge in [0.05, 0.1) is 0 Å². The maximum absolute atomic E-state index is 12.9. The van der Waals surface area contributed by atoms with Gasteiger partial charge >= 0.3 is 17.9 Å². The minimum atomic E-state index is -0.794. The van der Waals surface area contributed by atoms with E-state index in [1.807, 2.05) is 0 Å². The second kappa shape index (κ2) is 69.0. The fourth-order valence-corrected chi connectivity index (χ4v) is 9.29. The van der Waals surface area contributed by atoms with Crippen LogP contribution in [0.1, 0.15) is 310 Å². The molecule has 82 heavy (non-hydrogen) atoms. The Morgan fingerprint density at radius 1 is 0.256 bits per heavy atom. The lowest BCUT2D eigenvalue weighted by Gasteiger charge is -2.18. The minimum Gasteiger partial charge on any atom is -0.462 e. The molecule has 0 aromatic rings. The Kier molecular flexibility index (Phi) is 65.3. The number of esters is 3. The standard InChI is InChI=1S/C76H126O6/c1-4-7-10-13-16-19-22-25-28-30-31-32-33-34-35-36-37-38-39-40-41-42-43-44-45-47-48-51-54-57-60-63-66-69-75(78)81-72-73(71-80-74(77)68-65-62-59-56-53-50-27-24-21-18-15-12-9-6-3)82-76(79)70-67-64-61-58-55-52-49-46-29-26-23-20-17-14-11-8-5-2/h7,10,16-17,19-20,25-26,28-29,31-32,34-35,37-38,40-41,43-44,47-48,73H,4-6,8-9,11-15,18,21-24,27,30,33,36,39,42,45-46,49-72H2,1-3H3/b10-7-,19-16-,20-17-,28-25-,29-26-,32-31-,35-34-,38-37-,41-40-,44-43-,48-47-. The zero-order valence-electron chi connectivity index (χ0n) is 53.5. The van der Waals surface area contributed by atoms with Gasteiger partial charge in [0.2, 0.25) is 0 Å². The fraction of sp³-hybridized carbons (Fsp3) is 0.671. The van der Waals surface area contributed by atoms with Crippen molar-refractivity contribution in [3.8, 4) is 0 Å². The van der Waals surface area contributed by atoms with Crippen LogP contribution >= 0.6 is 0 Å². The van der Waals surface area contributed by atoms with Crippen molar-refractivity contribution in [3.63, 3.8) is 0 Å². The number of carbonyl (C=O) groups is 3. The molecule has 0 radical (unpaired) electrons. The van der Waals surface area contributed by atoms with E-state index in [2.05, 4.69) is 154 Å². The second-order valence-corrected chi connectivity index (χ2v) is 22.4. The average Bonchev–Trinajstić information content (AvgIpc) is 3.47. The van der Waals surface area contributed by atoms with E-state index in [0.29, 0.717) is 19.3 Å². The number of rotatable bonds is 61. The lowest BCUT2D eigenvalue weighted by Crippen LogP contribution is -2.30. The number of hydrogen-bond donors (Lipinski definition) is 0. The largest absolute Gasteiger partial charge is 0.462 e. The van der Waals surface area contributed by atoms with Crippen LogP contribution in [0.2, 0.25) is 0 Å². The summed E-state index contributed by atoms with van der Waals surface area (Å²) >= 11 is 0. The van der Waals surface area contributed by atoms with Crippen molar-refractivity contribution < 1.29 is 28.6 Å². The van der Waals surface area contributed by atoms with Crippen molar-refractivity contribution in [2.24, 2.45) is 0 Å². The van der Waals surface area contributed by atoms with Gasteiger partial charge < -0.3 is 14.2 Å². The number of allylic oxidation sites excluding steroid dienone is 22. The molecule has 0 N–H and O–H groups in total. The summed E-state index contributed by atoms with van der Waals surface area (Å²) in [4.78, 5) is 38.4. The topological polar surface area (TPSA) is 78.9 Å². The third-order valence-corrected chi connectivity index (χ3v) is 14.4. The van der Waals surface area contributed by atoms with Gasteiger partial charge in [-0.05, 0) is 122 Å². The Morgan fingerprint density at radius 3 is 0.768 bits per heavy atom. The van der Waals surface area contributed by atoms with Crippen LogP contribution in [0.4, 0.5) is 0 Å². The summed E-state index contributed by atoms with van der Waals surface area (Å²) in [6, 6.07) is 0. The van der Waals surface area contributed by atoms with Crippen molar-refractivity contribution >= 4 is 17.9 Å². The van der Waals surface area contributed by atoms with E-state index in [9.17, 15) is 14.4 Å². The molecule has 0 aromatic heterocycles. The highest BCUT2D eigenvalue weighted by Gasteiger charge is 2.19. The molecule has 1 unspecified atom stereocenters. The lowest BCUT2D eigenvalue weighted by molar-refractivity contribution is -0.167. The van der Waals surface area contributed by atoms with Crippen LogP contribution in [0.5, 0.6) is 0 Å². The first-order valence-electron chi connectivity index (χ1n) is 34.2. The van der Waals surface area contributed by atoms with Crippen LogP contribution < -0.4 is 0 Å². The van der Waals surface area contributed by atoms with E-state index < -0.39 is 6.10 Å². The molecule has 0 aromatic carbocycles. The normalized spacial score (nSPS) is 13.0. The van der Waals surface area contributed by atoms with Crippen molar-refractivity contribution in [2.75, 3.05) is 13.2 Å². The molecule has 0 aliphatic carbocycles. The zero-order chi connectivity index (χ0) is 59.2. The van der Waals surface area contributed by atoms with E-state index >= 15 is 0 Å². The zero-order valence-corrected chi connectivity index (χ0v) is 53.5. The van der Waals surface area contributed by atoms with Crippen LogP contribution in [0.25, 0.3) is 0 Å². The van der Waals surface area contributed by atoms with Gasteiger partial charge in [0.25, 0.3) is 0 Å². The quantitative estimate of drug-likeness (QED) is 0.0261. The first-order valence-corrected chi connectivity index (χ1v) is 34.2. The van der Waals surface area contributed by atoms with E-state index in [1.165, 1.54) is 122 Å². The van der Waals surface area contributed by atoms with Crippen molar-refractivity contribution in [1.82, 2.24) is 0 Å². The van der Waals surface area contributed by atoms with Crippen molar-refractivity contribution in [3.05, 3.63) is 134 Å². The predicted octanol–water partition coefficient (Wildman–Crippen LogP) is 23.7. The number of unbranched alkanes of at least 4 members (excludes halogenated alkanes) is 28. The maximum Gasteiger partial charge on any atom is 0.306 e. The molecule has 0 heterocycles. The molecule has 6 heteroatoms. The third-order valence-electron chi connectivity index (χ3n) is 14.4. The van der Waals surface area contributed by atoms with Gasteiger partial charge in [-0.1, -0.05) is 302 Å². The molecule has 0 bridgehead atoms. The molecular formula is C76H126O6. The fourth-order valence-electron chi connectivity index (χ4n) is 9.29. The second-order valence-electron chi connectivity index (χ2n) is 22.4. The molecule has 0 aliphatic rings. The number of carbonyl (C=O) groups excluding carboxylic acids is 3. The van der Waals surface area contributed by atoms with E-state index in [-0.39, 0.29) is 31.1 Å². The summed E-state index contributed by atoms with van der Waals surface area (Å²) in [5, 5.41) is 0. The first kappa shape index (κ1) is 77.5. The number of ether oxygens (including phenoxy) is 3. The molecule has 466 valence electrons. The molecule has 1 atom stereocenters. The van der Waals surface area contributed by atoms with Crippen molar-refractivity contribution in [1.29, 1.82) is 0 Å². The summed E-state index contributed by atoms with van der Waals surface area (Å²) in [5.41, 5.74) is 0. The van der Waals surface area contributed by atoms with Gasteiger partial charge in [-0.25, -0.2) is 0 Å². The maximum atomic E-state index is 12.9.